The minimum Gasteiger partial charge on any atom is -0.478 e. The van der Waals surface area contributed by atoms with Crippen LogP contribution in [0.4, 0.5) is 13.2 Å². The number of aromatic carboxylic acids is 1. The molecule has 1 amide bonds. The molecule has 136 valence electrons. The second-order valence-corrected chi connectivity index (χ2v) is 6.38. The molecule has 1 aliphatic carbocycles. The molecule has 0 saturated carbocycles. The molecule has 2 aromatic rings. The summed E-state index contributed by atoms with van der Waals surface area (Å²) in [5.41, 5.74) is 0.398. The third-order valence-corrected chi connectivity index (χ3v) is 4.64. The fourth-order valence-corrected chi connectivity index (χ4v) is 3.20. The molecule has 1 aliphatic rings. The molecule has 1 unspecified atom stereocenters. The maximum absolute atomic E-state index is 12.9. The maximum atomic E-state index is 12.9. The highest BCUT2D eigenvalue weighted by molar-refractivity contribution is 6.33. The largest absolute Gasteiger partial charge is 0.478 e. The number of aryl methyl sites for hydroxylation is 1. The molecule has 0 radical (unpaired) electrons. The zero-order valence-corrected chi connectivity index (χ0v) is 14.0. The van der Waals surface area contributed by atoms with Gasteiger partial charge in [0.1, 0.15) is 0 Å². The van der Waals surface area contributed by atoms with Gasteiger partial charge in [-0.05, 0) is 54.3 Å². The molecule has 3 rings (SSSR count). The lowest BCUT2D eigenvalue weighted by Crippen LogP contribution is -2.28. The van der Waals surface area contributed by atoms with Crippen LogP contribution < -0.4 is 5.32 Å². The Balaban J connectivity index is 1.87. The van der Waals surface area contributed by atoms with Gasteiger partial charge < -0.3 is 10.4 Å². The van der Waals surface area contributed by atoms with E-state index in [9.17, 15) is 22.8 Å². The highest BCUT2D eigenvalue weighted by Gasteiger charge is 2.32. The number of hydrogen-bond donors (Lipinski definition) is 2. The van der Waals surface area contributed by atoms with Gasteiger partial charge in [0.05, 0.1) is 27.8 Å². The number of alkyl halides is 3. The van der Waals surface area contributed by atoms with Crippen LogP contribution in [0, 0.1) is 0 Å². The van der Waals surface area contributed by atoms with Crippen molar-refractivity contribution in [1.82, 2.24) is 5.32 Å². The van der Waals surface area contributed by atoms with E-state index in [4.69, 9.17) is 16.7 Å². The first-order valence-electron chi connectivity index (χ1n) is 7.70. The molecule has 1 atom stereocenters. The Morgan fingerprint density at radius 2 is 1.88 bits per heavy atom. The molecule has 8 heteroatoms. The predicted molar refractivity (Wildman–Crippen MR) is 88.4 cm³/mol. The number of fused-ring (bicyclic) bond motifs is 1. The Bertz CT molecular complexity index is 896. The molecule has 0 saturated heterocycles. The summed E-state index contributed by atoms with van der Waals surface area (Å²) < 4.78 is 38.6. The van der Waals surface area contributed by atoms with E-state index in [-0.39, 0.29) is 16.1 Å². The SMILES string of the molecule is O=C(O)c1ccc2c(c1)C(NC(=O)c1cc(C(F)(F)F)ccc1Cl)CC2. The quantitative estimate of drug-likeness (QED) is 0.821. The summed E-state index contributed by atoms with van der Waals surface area (Å²) in [7, 11) is 0. The van der Waals surface area contributed by atoms with Crippen molar-refractivity contribution >= 4 is 23.5 Å². The lowest BCUT2D eigenvalue weighted by Gasteiger charge is -2.16. The molecule has 2 N–H and O–H groups in total. The van der Waals surface area contributed by atoms with Gasteiger partial charge in [0.15, 0.2) is 0 Å². The summed E-state index contributed by atoms with van der Waals surface area (Å²) in [6, 6.07) is 6.71. The molecule has 2 aromatic carbocycles. The fraction of sp³-hybridized carbons (Fsp3) is 0.222. The lowest BCUT2D eigenvalue weighted by molar-refractivity contribution is -0.137. The van der Waals surface area contributed by atoms with Crippen molar-refractivity contribution in [2.24, 2.45) is 0 Å². The number of carbonyl (C=O) groups excluding carboxylic acids is 1. The van der Waals surface area contributed by atoms with Gasteiger partial charge in [-0.1, -0.05) is 17.7 Å². The van der Waals surface area contributed by atoms with Gasteiger partial charge in [-0.2, -0.15) is 13.2 Å². The molecule has 0 aromatic heterocycles. The van der Waals surface area contributed by atoms with Gasteiger partial charge in [0.2, 0.25) is 0 Å². The molecule has 0 spiro atoms. The average Bonchev–Trinajstić information content (AvgIpc) is 2.96. The third kappa shape index (κ3) is 3.53. The number of hydrogen-bond acceptors (Lipinski definition) is 2. The summed E-state index contributed by atoms with van der Waals surface area (Å²) in [5.74, 6) is -1.83. The number of benzene rings is 2. The van der Waals surface area contributed by atoms with Crippen LogP contribution in [0.15, 0.2) is 36.4 Å². The number of rotatable bonds is 3. The molecule has 0 bridgehead atoms. The second kappa shape index (κ2) is 6.64. The summed E-state index contributed by atoms with van der Waals surface area (Å²) in [6.45, 7) is 0. The standard InChI is InChI=1S/C18H13ClF3NO3/c19-14-5-4-11(18(20,21)22)8-13(14)16(24)23-15-6-3-9-1-2-10(17(25)26)7-12(9)15/h1-2,4-5,7-8,15H,3,6H2,(H,23,24)(H,25,26). The maximum Gasteiger partial charge on any atom is 0.416 e. The van der Waals surface area contributed by atoms with E-state index >= 15 is 0 Å². The van der Waals surface area contributed by atoms with Crippen LogP contribution in [0.2, 0.25) is 5.02 Å². The van der Waals surface area contributed by atoms with E-state index < -0.39 is 29.7 Å². The number of carboxylic acid groups (broad SMARTS) is 1. The third-order valence-electron chi connectivity index (χ3n) is 4.31. The van der Waals surface area contributed by atoms with Crippen molar-refractivity contribution in [3.05, 3.63) is 69.2 Å². The molecular formula is C18H13ClF3NO3. The predicted octanol–water partition coefficient (Wildman–Crippen LogP) is 4.47. The van der Waals surface area contributed by atoms with E-state index in [1.165, 1.54) is 12.1 Å². The van der Waals surface area contributed by atoms with Gasteiger partial charge in [0, 0.05) is 0 Å². The minimum atomic E-state index is -4.59. The van der Waals surface area contributed by atoms with Crippen molar-refractivity contribution in [2.45, 2.75) is 25.1 Å². The highest BCUT2D eigenvalue weighted by atomic mass is 35.5. The van der Waals surface area contributed by atoms with Crippen LogP contribution in [0.25, 0.3) is 0 Å². The fourth-order valence-electron chi connectivity index (χ4n) is 3.00. The van der Waals surface area contributed by atoms with E-state index in [2.05, 4.69) is 5.32 Å². The first-order chi connectivity index (χ1) is 12.2. The van der Waals surface area contributed by atoms with Crippen molar-refractivity contribution in [1.29, 1.82) is 0 Å². The van der Waals surface area contributed by atoms with Crippen LogP contribution in [-0.4, -0.2) is 17.0 Å². The van der Waals surface area contributed by atoms with E-state index in [0.717, 1.165) is 17.7 Å². The monoisotopic (exact) mass is 383 g/mol. The van der Waals surface area contributed by atoms with Crippen LogP contribution >= 0.6 is 11.6 Å². The van der Waals surface area contributed by atoms with E-state index in [1.807, 2.05) is 0 Å². The molecule has 26 heavy (non-hydrogen) atoms. The topological polar surface area (TPSA) is 66.4 Å². The van der Waals surface area contributed by atoms with Gasteiger partial charge in [0.25, 0.3) is 5.91 Å². The second-order valence-electron chi connectivity index (χ2n) is 5.98. The molecule has 0 fully saturated rings. The Hall–Kier alpha value is -2.54. The Morgan fingerprint density at radius 3 is 2.54 bits per heavy atom. The zero-order valence-electron chi connectivity index (χ0n) is 13.2. The van der Waals surface area contributed by atoms with Crippen LogP contribution in [0.3, 0.4) is 0 Å². The molecule has 0 aliphatic heterocycles. The number of carboxylic acids is 1. The summed E-state index contributed by atoms with van der Waals surface area (Å²) in [6.07, 6.45) is -3.42. The molecule has 0 heterocycles. The first-order valence-corrected chi connectivity index (χ1v) is 8.08. The normalized spacial score (nSPS) is 16.2. The van der Waals surface area contributed by atoms with Crippen molar-refractivity contribution in [3.8, 4) is 0 Å². The minimum absolute atomic E-state index is 0.0852. The van der Waals surface area contributed by atoms with Crippen molar-refractivity contribution in [3.63, 3.8) is 0 Å². The van der Waals surface area contributed by atoms with E-state index in [1.54, 1.807) is 6.07 Å². The van der Waals surface area contributed by atoms with Crippen LogP contribution in [0.1, 0.15) is 49.9 Å². The summed E-state index contributed by atoms with van der Waals surface area (Å²) in [5, 5.41) is 11.7. The Morgan fingerprint density at radius 1 is 1.15 bits per heavy atom. The van der Waals surface area contributed by atoms with Crippen molar-refractivity contribution < 1.29 is 27.9 Å². The Labute approximate surface area is 151 Å². The number of amides is 1. The number of carbonyl (C=O) groups is 2. The van der Waals surface area contributed by atoms with E-state index in [0.29, 0.717) is 24.5 Å². The molecule has 4 nitrogen and oxygen atoms in total. The number of halogens is 4. The molecular weight excluding hydrogens is 371 g/mol. The lowest BCUT2D eigenvalue weighted by atomic mass is 10.0. The van der Waals surface area contributed by atoms with Gasteiger partial charge >= 0.3 is 12.1 Å². The Kier molecular flexibility index (Phi) is 4.66. The van der Waals surface area contributed by atoms with Crippen LogP contribution in [-0.2, 0) is 12.6 Å². The van der Waals surface area contributed by atoms with Gasteiger partial charge in [-0.25, -0.2) is 4.79 Å². The zero-order chi connectivity index (χ0) is 19.1. The average molecular weight is 384 g/mol. The van der Waals surface area contributed by atoms with Crippen LogP contribution in [0.5, 0.6) is 0 Å². The first kappa shape index (κ1) is 18.3. The summed E-state index contributed by atoms with van der Waals surface area (Å²) in [4.78, 5) is 23.6. The summed E-state index contributed by atoms with van der Waals surface area (Å²) >= 11 is 5.89. The van der Waals surface area contributed by atoms with Gasteiger partial charge in [-0.3, -0.25) is 4.79 Å². The highest BCUT2D eigenvalue weighted by Crippen LogP contribution is 2.34. The van der Waals surface area contributed by atoms with Gasteiger partial charge in [-0.15, -0.1) is 0 Å². The number of nitrogens with one attached hydrogen (secondary N) is 1. The van der Waals surface area contributed by atoms with Crippen molar-refractivity contribution in [2.75, 3.05) is 0 Å². The smallest absolute Gasteiger partial charge is 0.416 e.